The minimum Gasteiger partial charge on any atom is -0.421 e. The van der Waals surface area contributed by atoms with Gasteiger partial charge in [0.05, 0.1) is 6.04 Å². The molecule has 2 rings (SSSR count). The van der Waals surface area contributed by atoms with Gasteiger partial charge in [0.1, 0.15) is 5.52 Å². The van der Waals surface area contributed by atoms with E-state index in [1.807, 2.05) is 26.0 Å². The second kappa shape index (κ2) is 3.38. The molecule has 2 aromatic heterocycles. The first-order chi connectivity index (χ1) is 6.68. The Labute approximate surface area is 82.1 Å². The summed E-state index contributed by atoms with van der Waals surface area (Å²) in [5, 5.41) is 0. The van der Waals surface area contributed by atoms with E-state index >= 15 is 0 Å². The number of aromatic nitrogens is 2. The van der Waals surface area contributed by atoms with Crippen LogP contribution < -0.4 is 5.73 Å². The molecule has 0 bridgehead atoms. The summed E-state index contributed by atoms with van der Waals surface area (Å²) in [6.07, 6.45) is 1.68. The average Bonchev–Trinajstić information content (AvgIpc) is 2.59. The summed E-state index contributed by atoms with van der Waals surface area (Å²) in [5.41, 5.74) is 7.23. The maximum Gasteiger partial charge on any atom is 0.247 e. The van der Waals surface area contributed by atoms with Crippen LogP contribution in [-0.2, 0) is 0 Å². The zero-order valence-electron chi connectivity index (χ0n) is 8.27. The third kappa shape index (κ3) is 1.48. The van der Waals surface area contributed by atoms with Crippen LogP contribution in [0.15, 0.2) is 22.7 Å². The summed E-state index contributed by atoms with van der Waals surface area (Å²) in [6, 6.07) is 3.53. The maximum atomic E-state index is 5.92. The molecular formula is C10H13N3O. The second-order valence-electron chi connectivity index (χ2n) is 3.65. The molecule has 14 heavy (non-hydrogen) atoms. The van der Waals surface area contributed by atoms with Crippen LogP contribution in [0.5, 0.6) is 0 Å². The number of pyridine rings is 1. The van der Waals surface area contributed by atoms with Crippen molar-refractivity contribution in [2.75, 3.05) is 0 Å². The van der Waals surface area contributed by atoms with Crippen molar-refractivity contribution >= 4 is 11.2 Å². The van der Waals surface area contributed by atoms with Crippen LogP contribution >= 0.6 is 0 Å². The Morgan fingerprint density at radius 2 is 2.21 bits per heavy atom. The zero-order valence-corrected chi connectivity index (χ0v) is 8.27. The summed E-state index contributed by atoms with van der Waals surface area (Å²) < 4.78 is 5.44. The Morgan fingerprint density at radius 1 is 1.43 bits per heavy atom. The van der Waals surface area contributed by atoms with Gasteiger partial charge in [0, 0.05) is 6.20 Å². The predicted octanol–water partition coefficient (Wildman–Crippen LogP) is 1.88. The Bertz CT molecular complexity index is 403. The van der Waals surface area contributed by atoms with E-state index in [-0.39, 0.29) is 6.04 Å². The third-order valence-electron chi connectivity index (χ3n) is 2.19. The molecule has 0 radical (unpaired) electrons. The van der Waals surface area contributed by atoms with Gasteiger partial charge in [-0.3, -0.25) is 0 Å². The largest absolute Gasteiger partial charge is 0.421 e. The first-order valence-electron chi connectivity index (χ1n) is 4.65. The molecule has 0 aliphatic rings. The monoisotopic (exact) mass is 191 g/mol. The molecule has 0 spiro atoms. The smallest absolute Gasteiger partial charge is 0.247 e. The molecule has 0 amide bonds. The van der Waals surface area contributed by atoms with E-state index in [4.69, 9.17) is 10.2 Å². The van der Waals surface area contributed by atoms with Gasteiger partial charge in [0.25, 0.3) is 0 Å². The zero-order chi connectivity index (χ0) is 10.1. The molecule has 4 nitrogen and oxygen atoms in total. The van der Waals surface area contributed by atoms with Gasteiger partial charge in [-0.2, -0.15) is 0 Å². The summed E-state index contributed by atoms with van der Waals surface area (Å²) in [6.45, 7) is 4.07. The van der Waals surface area contributed by atoms with E-state index in [0.29, 0.717) is 17.5 Å². The molecule has 4 heteroatoms. The average molecular weight is 191 g/mol. The molecule has 1 atom stereocenters. The first-order valence-corrected chi connectivity index (χ1v) is 4.65. The lowest BCUT2D eigenvalue weighted by Gasteiger charge is -2.09. The number of nitrogens with zero attached hydrogens (tertiary/aromatic N) is 2. The number of hydrogen-bond acceptors (Lipinski definition) is 4. The second-order valence-corrected chi connectivity index (χ2v) is 3.65. The van der Waals surface area contributed by atoms with Gasteiger partial charge in [0.15, 0.2) is 0 Å². The van der Waals surface area contributed by atoms with Gasteiger partial charge < -0.3 is 10.2 Å². The molecule has 0 fully saturated rings. The predicted molar refractivity (Wildman–Crippen MR) is 53.6 cm³/mol. The van der Waals surface area contributed by atoms with Crippen molar-refractivity contribution in [2.24, 2.45) is 11.7 Å². The van der Waals surface area contributed by atoms with E-state index in [9.17, 15) is 0 Å². The van der Waals surface area contributed by atoms with E-state index in [1.54, 1.807) is 6.20 Å². The molecule has 0 saturated carbocycles. The van der Waals surface area contributed by atoms with Gasteiger partial charge in [0.2, 0.25) is 11.6 Å². The lowest BCUT2D eigenvalue weighted by Crippen LogP contribution is -2.16. The first kappa shape index (κ1) is 9.15. The van der Waals surface area contributed by atoms with Crippen LogP contribution in [0.1, 0.15) is 25.8 Å². The fourth-order valence-corrected chi connectivity index (χ4v) is 1.21. The quantitative estimate of drug-likeness (QED) is 0.787. The number of rotatable bonds is 2. The van der Waals surface area contributed by atoms with Crippen LogP contribution in [0.4, 0.5) is 0 Å². The van der Waals surface area contributed by atoms with Gasteiger partial charge in [-0.15, -0.1) is 0 Å². The lowest BCUT2D eigenvalue weighted by molar-refractivity contribution is 0.400. The molecular weight excluding hydrogens is 178 g/mol. The van der Waals surface area contributed by atoms with Crippen molar-refractivity contribution < 1.29 is 4.42 Å². The van der Waals surface area contributed by atoms with Crippen molar-refractivity contribution in [1.82, 2.24) is 9.97 Å². The Kier molecular flexibility index (Phi) is 2.21. The SMILES string of the molecule is CC(C)C(N)c1nc2cccnc2o1. The molecule has 2 heterocycles. The topological polar surface area (TPSA) is 64.9 Å². The van der Waals surface area contributed by atoms with Gasteiger partial charge in [-0.1, -0.05) is 13.8 Å². The van der Waals surface area contributed by atoms with Gasteiger partial charge in [-0.25, -0.2) is 9.97 Å². The van der Waals surface area contributed by atoms with Crippen molar-refractivity contribution in [3.63, 3.8) is 0 Å². The van der Waals surface area contributed by atoms with Gasteiger partial charge in [-0.05, 0) is 18.1 Å². The van der Waals surface area contributed by atoms with Crippen LogP contribution in [0, 0.1) is 5.92 Å². The van der Waals surface area contributed by atoms with Crippen LogP contribution in [0.2, 0.25) is 0 Å². The summed E-state index contributed by atoms with van der Waals surface area (Å²) >= 11 is 0. The summed E-state index contributed by atoms with van der Waals surface area (Å²) in [4.78, 5) is 8.34. The van der Waals surface area contributed by atoms with E-state index in [0.717, 1.165) is 5.52 Å². The fraction of sp³-hybridized carbons (Fsp3) is 0.400. The Morgan fingerprint density at radius 3 is 2.86 bits per heavy atom. The lowest BCUT2D eigenvalue weighted by atomic mass is 10.1. The van der Waals surface area contributed by atoms with Crippen LogP contribution in [-0.4, -0.2) is 9.97 Å². The number of fused-ring (bicyclic) bond motifs is 1. The standard InChI is InChI=1S/C10H13N3O/c1-6(2)8(11)10-13-7-4-3-5-12-9(7)14-10/h3-6,8H,11H2,1-2H3. The highest BCUT2D eigenvalue weighted by atomic mass is 16.4. The van der Waals surface area contributed by atoms with E-state index < -0.39 is 0 Å². The molecule has 1 unspecified atom stereocenters. The summed E-state index contributed by atoms with van der Waals surface area (Å²) in [5.74, 6) is 0.872. The molecule has 0 aliphatic heterocycles. The van der Waals surface area contributed by atoms with Crippen LogP contribution in [0.3, 0.4) is 0 Å². The van der Waals surface area contributed by atoms with Crippen molar-refractivity contribution in [2.45, 2.75) is 19.9 Å². The highest BCUT2D eigenvalue weighted by molar-refractivity contribution is 5.67. The molecule has 0 aromatic carbocycles. The normalized spacial score (nSPS) is 13.7. The minimum atomic E-state index is -0.163. The van der Waals surface area contributed by atoms with E-state index in [1.165, 1.54) is 0 Å². The van der Waals surface area contributed by atoms with Crippen molar-refractivity contribution in [3.05, 3.63) is 24.2 Å². The molecule has 2 N–H and O–H groups in total. The van der Waals surface area contributed by atoms with Gasteiger partial charge >= 0.3 is 0 Å². The summed E-state index contributed by atoms with van der Waals surface area (Å²) in [7, 11) is 0. The van der Waals surface area contributed by atoms with E-state index in [2.05, 4.69) is 9.97 Å². The Hall–Kier alpha value is -1.42. The van der Waals surface area contributed by atoms with Crippen molar-refractivity contribution in [3.8, 4) is 0 Å². The maximum absolute atomic E-state index is 5.92. The highest BCUT2D eigenvalue weighted by Gasteiger charge is 2.17. The molecule has 0 aliphatic carbocycles. The number of nitrogens with two attached hydrogens (primary N) is 1. The number of hydrogen-bond donors (Lipinski definition) is 1. The van der Waals surface area contributed by atoms with Crippen LogP contribution in [0.25, 0.3) is 11.2 Å². The molecule has 0 saturated heterocycles. The molecule has 2 aromatic rings. The molecule has 74 valence electrons. The van der Waals surface area contributed by atoms with Crippen molar-refractivity contribution in [1.29, 1.82) is 0 Å². The highest BCUT2D eigenvalue weighted by Crippen LogP contribution is 2.21. The minimum absolute atomic E-state index is 0.163. The number of oxazole rings is 1. The third-order valence-corrected chi connectivity index (χ3v) is 2.19. The Balaban J connectivity index is 2.45. The fourth-order valence-electron chi connectivity index (χ4n) is 1.21.